The Morgan fingerprint density at radius 2 is 1.81 bits per heavy atom. The van der Waals surface area contributed by atoms with Gasteiger partial charge >= 0.3 is 5.97 Å². The molecule has 0 aliphatic carbocycles. The highest BCUT2D eigenvalue weighted by atomic mass is 16.5. The van der Waals surface area contributed by atoms with Gasteiger partial charge in [0.15, 0.2) is 0 Å². The Morgan fingerprint density at radius 3 is 2.19 bits per heavy atom. The van der Waals surface area contributed by atoms with Gasteiger partial charge < -0.3 is 14.6 Å². The van der Waals surface area contributed by atoms with Crippen molar-refractivity contribution in [2.24, 2.45) is 11.8 Å². The standard InChI is InChI=1S/C17H26O4/c1-6-17(19,13-8-10-14(20-5)11-9-13)15(12(3)4)16(18)21-7-2/h8-12,15,19H,6-7H2,1-5H3. The van der Waals surface area contributed by atoms with Gasteiger partial charge in [0.05, 0.1) is 19.6 Å². The molecule has 0 aromatic heterocycles. The van der Waals surface area contributed by atoms with Crippen molar-refractivity contribution in [2.75, 3.05) is 13.7 Å². The van der Waals surface area contributed by atoms with Crippen LogP contribution in [0.1, 0.15) is 39.7 Å². The summed E-state index contributed by atoms with van der Waals surface area (Å²) in [6, 6.07) is 7.19. The van der Waals surface area contributed by atoms with Gasteiger partial charge in [0.1, 0.15) is 11.4 Å². The van der Waals surface area contributed by atoms with E-state index in [0.29, 0.717) is 18.6 Å². The second-order valence-electron chi connectivity index (χ2n) is 5.48. The largest absolute Gasteiger partial charge is 0.497 e. The van der Waals surface area contributed by atoms with Crippen LogP contribution in [0.15, 0.2) is 24.3 Å². The van der Waals surface area contributed by atoms with Crippen molar-refractivity contribution in [3.8, 4) is 5.75 Å². The number of esters is 1. The van der Waals surface area contributed by atoms with Gasteiger partial charge in [0, 0.05) is 0 Å². The fourth-order valence-electron chi connectivity index (χ4n) is 2.73. The third kappa shape index (κ3) is 3.76. The molecule has 0 aliphatic rings. The first-order valence-electron chi connectivity index (χ1n) is 7.44. The lowest BCUT2D eigenvalue weighted by Gasteiger charge is -2.36. The van der Waals surface area contributed by atoms with E-state index in [0.717, 1.165) is 5.75 Å². The minimum Gasteiger partial charge on any atom is -0.497 e. The van der Waals surface area contributed by atoms with Gasteiger partial charge in [-0.2, -0.15) is 0 Å². The molecule has 0 bridgehead atoms. The van der Waals surface area contributed by atoms with Crippen LogP contribution in [0.25, 0.3) is 0 Å². The van der Waals surface area contributed by atoms with Crippen LogP contribution >= 0.6 is 0 Å². The molecular weight excluding hydrogens is 268 g/mol. The van der Waals surface area contributed by atoms with Gasteiger partial charge in [-0.1, -0.05) is 32.9 Å². The zero-order chi connectivity index (χ0) is 16.0. The summed E-state index contributed by atoms with van der Waals surface area (Å²) in [4.78, 5) is 12.3. The fraction of sp³-hybridized carbons (Fsp3) is 0.588. The molecule has 21 heavy (non-hydrogen) atoms. The molecule has 1 rings (SSSR count). The number of hydrogen-bond donors (Lipinski definition) is 1. The summed E-state index contributed by atoms with van der Waals surface area (Å²) in [5.41, 5.74) is -0.537. The Bertz CT molecular complexity index is 452. The maximum absolute atomic E-state index is 12.3. The summed E-state index contributed by atoms with van der Waals surface area (Å²) in [6.07, 6.45) is 0.432. The molecule has 0 aliphatic heterocycles. The molecule has 118 valence electrons. The molecule has 1 aromatic carbocycles. The van der Waals surface area contributed by atoms with E-state index in [1.165, 1.54) is 0 Å². The zero-order valence-corrected chi connectivity index (χ0v) is 13.6. The molecule has 2 atom stereocenters. The highest BCUT2D eigenvalue weighted by Crippen LogP contribution is 2.38. The molecule has 0 spiro atoms. The van der Waals surface area contributed by atoms with Crippen molar-refractivity contribution in [1.82, 2.24) is 0 Å². The quantitative estimate of drug-likeness (QED) is 0.785. The van der Waals surface area contributed by atoms with E-state index in [1.54, 1.807) is 38.3 Å². The van der Waals surface area contributed by atoms with Crippen LogP contribution in [0, 0.1) is 11.8 Å². The normalized spacial score (nSPS) is 15.4. The lowest BCUT2D eigenvalue weighted by atomic mass is 9.73. The highest BCUT2D eigenvalue weighted by molar-refractivity contribution is 5.74. The molecule has 1 N–H and O–H groups in total. The van der Waals surface area contributed by atoms with Crippen molar-refractivity contribution >= 4 is 5.97 Å². The number of ether oxygens (including phenoxy) is 2. The maximum Gasteiger partial charge on any atom is 0.312 e. The Morgan fingerprint density at radius 1 is 1.24 bits per heavy atom. The van der Waals surface area contributed by atoms with Crippen molar-refractivity contribution < 1.29 is 19.4 Å². The van der Waals surface area contributed by atoms with E-state index in [2.05, 4.69) is 0 Å². The van der Waals surface area contributed by atoms with Crippen LogP contribution in [-0.2, 0) is 15.1 Å². The molecular formula is C17H26O4. The number of methoxy groups -OCH3 is 1. The van der Waals surface area contributed by atoms with Crippen molar-refractivity contribution in [2.45, 2.75) is 39.7 Å². The average molecular weight is 294 g/mol. The molecule has 0 saturated heterocycles. The predicted molar refractivity (Wildman–Crippen MR) is 82.1 cm³/mol. The summed E-state index contributed by atoms with van der Waals surface area (Å²) in [5.74, 6) is -0.269. The fourth-order valence-corrected chi connectivity index (χ4v) is 2.73. The number of carbonyl (C=O) groups excluding carboxylic acids is 1. The highest BCUT2D eigenvalue weighted by Gasteiger charge is 2.44. The van der Waals surface area contributed by atoms with Crippen LogP contribution in [0.4, 0.5) is 0 Å². The molecule has 1 aromatic rings. The Balaban J connectivity index is 3.22. The topological polar surface area (TPSA) is 55.8 Å². The van der Waals surface area contributed by atoms with Gasteiger partial charge in [-0.05, 0) is 37.0 Å². The van der Waals surface area contributed by atoms with Crippen molar-refractivity contribution in [3.63, 3.8) is 0 Å². The summed E-state index contributed by atoms with van der Waals surface area (Å²) in [5, 5.41) is 11.1. The zero-order valence-electron chi connectivity index (χ0n) is 13.6. The number of carbonyl (C=O) groups is 1. The smallest absolute Gasteiger partial charge is 0.312 e. The van der Waals surface area contributed by atoms with Gasteiger partial charge in [0.2, 0.25) is 0 Å². The minimum atomic E-state index is -1.24. The third-order valence-corrected chi connectivity index (χ3v) is 3.85. The molecule has 0 amide bonds. The van der Waals surface area contributed by atoms with E-state index in [1.807, 2.05) is 20.8 Å². The van der Waals surface area contributed by atoms with Crippen LogP contribution in [0.5, 0.6) is 5.75 Å². The van der Waals surface area contributed by atoms with E-state index in [-0.39, 0.29) is 11.9 Å². The van der Waals surface area contributed by atoms with E-state index in [4.69, 9.17) is 9.47 Å². The third-order valence-electron chi connectivity index (χ3n) is 3.85. The predicted octanol–water partition coefficient (Wildman–Crippen LogP) is 3.13. The second kappa shape index (κ2) is 7.46. The monoisotopic (exact) mass is 294 g/mol. The van der Waals surface area contributed by atoms with E-state index >= 15 is 0 Å². The second-order valence-corrected chi connectivity index (χ2v) is 5.48. The number of hydrogen-bond acceptors (Lipinski definition) is 4. The van der Waals surface area contributed by atoms with Gasteiger partial charge in [0.25, 0.3) is 0 Å². The summed E-state index contributed by atoms with van der Waals surface area (Å²) < 4.78 is 10.3. The number of benzene rings is 1. The first-order chi connectivity index (χ1) is 9.90. The van der Waals surface area contributed by atoms with Crippen LogP contribution < -0.4 is 4.74 Å². The number of rotatable bonds is 7. The Hall–Kier alpha value is -1.55. The molecule has 0 fully saturated rings. The summed E-state index contributed by atoms with van der Waals surface area (Å²) in [7, 11) is 1.59. The Labute approximate surface area is 127 Å². The first-order valence-corrected chi connectivity index (χ1v) is 7.44. The molecule has 4 nitrogen and oxygen atoms in total. The first kappa shape index (κ1) is 17.5. The lowest BCUT2D eigenvalue weighted by molar-refractivity contribution is -0.163. The van der Waals surface area contributed by atoms with Crippen LogP contribution in [0.2, 0.25) is 0 Å². The van der Waals surface area contributed by atoms with Gasteiger partial charge in [-0.25, -0.2) is 0 Å². The lowest BCUT2D eigenvalue weighted by Crippen LogP contribution is -2.43. The number of aliphatic hydroxyl groups is 1. The van der Waals surface area contributed by atoms with Gasteiger partial charge in [-0.3, -0.25) is 4.79 Å². The molecule has 2 unspecified atom stereocenters. The van der Waals surface area contributed by atoms with Crippen LogP contribution in [0.3, 0.4) is 0 Å². The van der Waals surface area contributed by atoms with E-state index < -0.39 is 11.5 Å². The van der Waals surface area contributed by atoms with E-state index in [9.17, 15) is 9.90 Å². The van der Waals surface area contributed by atoms with Gasteiger partial charge in [-0.15, -0.1) is 0 Å². The molecule has 0 saturated carbocycles. The SMILES string of the molecule is CCOC(=O)C(C(C)C)C(O)(CC)c1ccc(OC)cc1. The minimum absolute atomic E-state index is 0.0314. The molecule has 0 heterocycles. The molecule has 4 heteroatoms. The summed E-state index contributed by atoms with van der Waals surface area (Å²) >= 11 is 0. The summed E-state index contributed by atoms with van der Waals surface area (Å²) in [6.45, 7) is 7.80. The van der Waals surface area contributed by atoms with Crippen molar-refractivity contribution in [3.05, 3.63) is 29.8 Å². The van der Waals surface area contributed by atoms with Crippen LogP contribution in [-0.4, -0.2) is 24.8 Å². The van der Waals surface area contributed by atoms with Crippen molar-refractivity contribution in [1.29, 1.82) is 0 Å². The average Bonchev–Trinajstić information content (AvgIpc) is 2.47. The Kier molecular flexibility index (Phi) is 6.21. The maximum atomic E-state index is 12.3. The molecule has 0 radical (unpaired) electrons.